The molecule has 0 unspecified atom stereocenters. The van der Waals surface area contributed by atoms with Gasteiger partial charge in [-0.25, -0.2) is 9.97 Å². The van der Waals surface area contributed by atoms with E-state index in [9.17, 15) is 0 Å². The second kappa shape index (κ2) is 4.68. The van der Waals surface area contributed by atoms with Crippen molar-refractivity contribution in [2.24, 2.45) is 5.73 Å². The summed E-state index contributed by atoms with van der Waals surface area (Å²) in [6.45, 7) is 3.23. The second-order valence-corrected chi connectivity index (χ2v) is 4.81. The number of hydrogen-bond acceptors (Lipinski definition) is 4. The highest BCUT2D eigenvalue weighted by molar-refractivity contribution is 6.31. The third-order valence-electron chi connectivity index (χ3n) is 2.88. The van der Waals surface area contributed by atoms with Crippen LogP contribution in [0.4, 0.5) is 0 Å². The van der Waals surface area contributed by atoms with Crippen LogP contribution in [0.1, 0.15) is 5.56 Å². The first kappa shape index (κ1) is 12.2. The van der Waals surface area contributed by atoms with Gasteiger partial charge in [-0.2, -0.15) is 0 Å². The monoisotopic (exact) mass is 276 g/mol. The average molecular weight is 277 g/mol. The van der Waals surface area contributed by atoms with Crippen molar-refractivity contribution in [3.63, 3.8) is 0 Å². The molecule has 2 N–H and O–H groups in total. The molecule has 0 saturated carbocycles. The molecule has 0 saturated heterocycles. The number of aromatic nitrogens is 3. The molecule has 19 heavy (non-hydrogen) atoms. The number of hydrogen-bond donors (Lipinski definition) is 1. The highest BCUT2D eigenvalue weighted by Crippen LogP contribution is 2.28. The van der Waals surface area contributed by atoms with E-state index in [1.54, 1.807) is 12.4 Å². The van der Waals surface area contributed by atoms with Crippen LogP contribution in [-0.4, -0.2) is 21.1 Å². The predicted octanol–water partition coefficient (Wildman–Crippen LogP) is 2.61. The fourth-order valence-corrected chi connectivity index (χ4v) is 2.28. The number of imidazole rings is 1. The third kappa shape index (κ3) is 2.22. The maximum Gasteiger partial charge on any atom is 0.247 e. The number of fused-ring (bicyclic) bond motifs is 1. The number of benzene rings is 1. The minimum atomic E-state index is 0.496. The lowest BCUT2D eigenvalue weighted by Gasteiger charge is -1.94. The van der Waals surface area contributed by atoms with Crippen molar-refractivity contribution in [1.29, 1.82) is 0 Å². The maximum atomic E-state index is 6.01. The van der Waals surface area contributed by atoms with E-state index in [4.69, 9.17) is 21.8 Å². The summed E-state index contributed by atoms with van der Waals surface area (Å²) in [4.78, 5) is 8.69. The molecule has 5 nitrogen and oxygen atoms in total. The van der Waals surface area contributed by atoms with Gasteiger partial charge >= 0.3 is 0 Å². The SMILES string of the molecule is Cc1cc(Cl)cc2nc(-c3cn(CCN)cn3)oc12. The lowest BCUT2D eigenvalue weighted by atomic mass is 10.2. The van der Waals surface area contributed by atoms with Crippen molar-refractivity contribution in [2.75, 3.05) is 6.54 Å². The Kier molecular flexibility index (Phi) is 3.00. The van der Waals surface area contributed by atoms with Crippen molar-refractivity contribution < 1.29 is 4.42 Å². The summed E-state index contributed by atoms with van der Waals surface area (Å²) in [6, 6.07) is 3.64. The van der Waals surface area contributed by atoms with E-state index >= 15 is 0 Å². The maximum absolute atomic E-state index is 6.01. The van der Waals surface area contributed by atoms with Gasteiger partial charge in [0.2, 0.25) is 5.89 Å². The molecule has 3 aromatic rings. The van der Waals surface area contributed by atoms with Crippen LogP contribution in [0.3, 0.4) is 0 Å². The van der Waals surface area contributed by atoms with Crippen LogP contribution in [0.15, 0.2) is 29.1 Å². The minimum absolute atomic E-state index is 0.496. The largest absolute Gasteiger partial charge is 0.434 e. The van der Waals surface area contributed by atoms with Crippen LogP contribution in [0.5, 0.6) is 0 Å². The Balaban J connectivity index is 2.07. The van der Waals surface area contributed by atoms with Gasteiger partial charge in [-0.05, 0) is 24.6 Å². The first-order valence-corrected chi connectivity index (χ1v) is 6.34. The zero-order valence-electron chi connectivity index (χ0n) is 10.4. The highest BCUT2D eigenvalue weighted by atomic mass is 35.5. The molecule has 98 valence electrons. The van der Waals surface area contributed by atoms with Crippen molar-refractivity contribution in [2.45, 2.75) is 13.5 Å². The number of halogens is 1. The van der Waals surface area contributed by atoms with Gasteiger partial charge in [-0.1, -0.05) is 11.6 Å². The zero-order chi connectivity index (χ0) is 13.4. The van der Waals surface area contributed by atoms with Crippen molar-refractivity contribution in [1.82, 2.24) is 14.5 Å². The normalized spacial score (nSPS) is 11.3. The van der Waals surface area contributed by atoms with Crippen LogP contribution in [0.25, 0.3) is 22.7 Å². The van der Waals surface area contributed by atoms with E-state index in [2.05, 4.69) is 9.97 Å². The van der Waals surface area contributed by atoms with Gasteiger partial charge in [0.15, 0.2) is 5.58 Å². The summed E-state index contributed by atoms with van der Waals surface area (Å²) in [5.41, 5.74) is 8.65. The Hall–Kier alpha value is -1.85. The van der Waals surface area contributed by atoms with Gasteiger partial charge < -0.3 is 14.7 Å². The molecule has 1 aromatic carbocycles. The number of nitrogens with two attached hydrogens (primary N) is 1. The van der Waals surface area contributed by atoms with Gasteiger partial charge in [0.1, 0.15) is 11.2 Å². The van der Waals surface area contributed by atoms with E-state index < -0.39 is 0 Å². The molecule has 0 amide bonds. The summed E-state index contributed by atoms with van der Waals surface area (Å²) in [5.74, 6) is 0.496. The lowest BCUT2D eigenvalue weighted by molar-refractivity contribution is 0.614. The fourth-order valence-electron chi connectivity index (χ4n) is 2.01. The van der Waals surface area contributed by atoms with Crippen LogP contribution >= 0.6 is 11.6 Å². The Morgan fingerprint density at radius 1 is 1.42 bits per heavy atom. The molecule has 0 atom stereocenters. The molecule has 0 aliphatic rings. The molecule has 0 fully saturated rings. The summed E-state index contributed by atoms with van der Waals surface area (Å²) in [7, 11) is 0. The Morgan fingerprint density at radius 3 is 3.05 bits per heavy atom. The first-order valence-electron chi connectivity index (χ1n) is 5.96. The Bertz CT molecular complexity index is 731. The van der Waals surface area contributed by atoms with Crippen molar-refractivity contribution in [3.05, 3.63) is 35.2 Å². The fraction of sp³-hybridized carbons (Fsp3) is 0.231. The molecule has 0 aliphatic carbocycles. The number of aryl methyl sites for hydroxylation is 1. The van der Waals surface area contributed by atoms with Crippen molar-refractivity contribution >= 4 is 22.7 Å². The quantitative estimate of drug-likeness (QED) is 0.798. The summed E-state index contributed by atoms with van der Waals surface area (Å²) < 4.78 is 7.66. The van der Waals surface area contributed by atoms with Crippen LogP contribution in [-0.2, 0) is 6.54 Å². The van der Waals surface area contributed by atoms with Crippen LogP contribution in [0, 0.1) is 6.92 Å². The Morgan fingerprint density at radius 2 is 2.26 bits per heavy atom. The minimum Gasteiger partial charge on any atom is -0.434 e. The highest BCUT2D eigenvalue weighted by Gasteiger charge is 2.13. The Labute approximate surface area is 115 Å². The average Bonchev–Trinajstić information content (AvgIpc) is 2.95. The van der Waals surface area contributed by atoms with Gasteiger partial charge in [-0.15, -0.1) is 0 Å². The van der Waals surface area contributed by atoms with E-state index in [0.29, 0.717) is 23.2 Å². The molecular formula is C13H13ClN4O. The van der Waals surface area contributed by atoms with Gasteiger partial charge in [-0.3, -0.25) is 0 Å². The summed E-state index contributed by atoms with van der Waals surface area (Å²) in [5, 5.41) is 0.651. The molecule has 0 bridgehead atoms. The molecular weight excluding hydrogens is 264 g/mol. The molecule has 0 spiro atoms. The van der Waals surface area contributed by atoms with Gasteiger partial charge in [0, 0.05) is 24.3 Å². The molecule has 2 aromatic heterocycles. The van der Waals surface area contributed by atoms with E-state index in [-0.39, 0.29) is 0 Å². The molecule has 6 heteroatoms. The first-order chi connectivity index (χ1) is 9.17. The lowest BCUT2D eigenvalue weighted by Crippen LogP contribution is -2.07. The molecule has 0 aliphatic heterocycles. The topological polar surface area (TPSA) is 69.9 Å². The van der Waals surface area contributed by atoms with E-state index in [1.165, 1.54) is 0 Å². The molecule has 3 rings (SSSR count). The van der Waals surface area contributed by atoms with E-state index in [1.807, 2.05) is 23.8 Å². The predicted molar refractivity (Wildman–Crippen MR) is 74.0 cm³/mol. The second-order valence-electron chi connectivity index (χ2n) is 4.38. The number of oxazole rings is 1. The van der Waals surface area contributed by atoms with Gasteiger partial charge in [0.25, 0.3) is 0 Å². The zero-order valence-corrected chi connectivity index (χ0v) is 11.2. The van der Waals surface area contributed by atoms with E-state index in [0.717, 1.165) is 23.2 Å². The van der Waals surface area contributed by atoms with Crippen LogP contribution < -0.4 is 5.73 Å². The third-order valence-corrected chi connectivity index (χ3v) is 3.10. The van der Waals surface area contributed by atoms with Crippen LogP contribution in [0.2, 0.25) is 5.02 Å². The molecule has 0 radical (unpaired) electrons. The summed E-state index contributed by atoms with van der Waals surface area (Å²) >= 11 is 6.01. The molecule has 2 heterocycles. The van der Waals surface area contributed by atoms with Gasteiger partial charge in [0.05, 0.1) is 6.33 Å². The summed E-state index contributed by atoms with van der Waals surface area (Å²) in [6.07, 6.45) is 3.59. The number of nitrogens with zero attached hydrogens (tertiary/aromatic N) is 3. The van der Waals surface area contributed by atoms with Crippen molar-refractivity contribution in [3.8, 4) is 11.6 Å². The smallest absolute Gasteiger partial charge is 0.247 e. The standard InChI is InChI=1S/C13H13ClN4O/c1-8-4-9(14)5-10-12(8)19-13(17-10)11-6-18(3-2-15)7-16-11/h4-7H,2-3,15H2,1H3. The number of rotatable bonds is 3.